The fourth-order valence-corrected chi connectivity index (χ4v) is 12.8. The quantitative estimate of drug-likeness (QED) is 0.161. The van der Waals surface area contributed by atoms with E-state index in [1.54, 1.807) is 34.7 Å². The van der Waals surface area contributed by atoms with Gasteiger partial charge in [-0.2, -0.15) is 0 Å². The number of fused-ring (bicyclic) bond motifs is 6. The van der Waals surface area contributed by atoms with Crippen LogP contribution in [0.1, 0.15) is 108 Å². The van der Waals surface area contributed by atoms with Crippen LogP contribution < -0.4 is 15.8 Å². The van der Waals surface area contributed by atoms with Gasteiger partial charge in [0.2, 0.25) is 0 Å². The van der Waals surface area contributed by atoms with Crippen LogP contribution in [-0.4, -0.2) is 52.2 Å². The van der Waals surface area contributed by atoms with Gasteiger partial charge in [0.25, 0.3) is 5.56 Å². The monoisotopic (exact) mass is 906 g/mol. The smallest absolute Gasteiger partial charge is 0.462 e. The average molecular weight is 907 g/mol. The zero-order valence-corrected chi connectivity index (χ0v) is 35.1. The van der Waals surface area contributed by atoms with Crippen molar-refractivity contribution in [3.8, 4) is 5.75 Å². The van der Waals surface area contributed by atoms with Gasteiger partial charge in [-0.3, -0.25) is 37.8 Å². The topological polar surface area (TPSA) is 179 Å². The minimum absolute atomic E-state index is 0.0119. The number of aryl methyl sites for hydroxylation is 1. The van der Waals surface area contributed by atoms with E-state index in [1.807, 2.05) is 13.0 Å². The summed E-state index contributed by atoms with van der Waals surface area (Å²) in [7, 11) is -4.08. The lowest BCUT2D eigenvalue weighted by Gasteiger charge is -2.60. The van der Waals surface area contributed by atoms with Crippen molar-refractivity contribution in [2.75, 3.05) is 6.61 Å². The maximum atomic E-state index is 13.5. The van der Waals surface area contributed by atoms with Crippen LogP contribution in [-0.2, 0) is 48.8 Å². The second kappa shape index (κ2) is 15.4. The van der Waals surface area contributed by atoms with Crippen LogP contribution in [0.5, 0.6) is 5.75 Å². The molecular formula is C40H50IN2O12P. The number of esters is 2. The molecule has 6 aliphatic rings. The maximum absolute atomic E-state index is 13.5. The Bertz CT molecular complexity index is 2070. The van der Waals surface area contributed by atoms with E-state index in [-0.39, 0.29) is 53.0 Å². The molecule has 4 aliphatic carbocycles. The molecule has 0 amide bonds. The molecule has 16 heteroatoms. The van der Waals surface area contributed by atoms with Crippen LogP contribution in [0.3, 0.4) is 0 Å². The Morgan fingerprint density at radius 2 is 1.77 bits per heavy atom. The van der Waals surface area contributed by atoms with Gasteiger partial charge in [-0.05, 0) is 115 Å². The van der Waals surface area contributed by atoms with Gasteiger partial charge >= 0.3 is 25.5 Å². The summed E-state index contributed by atoms with van der Waals surface area (Å²) in [6.45, 7) is 6.23. The van der Waals surface area contributed by atoms with E-state index in [4.69, 9.17) is 27.8 Å². The molecule has 2 aromatic rings. The van der Waals surface area contributed by atoms with Gasteiger partial charge in [0.1, 0.15) is 36.1 Å². The van der Waals surface area contributed by atoms with E-state index in [2.05, 4.69) is 18.8 Å². The van der Waals surface area contributed by atoms with Gasteiger partial charge in [-0.1, -0.05) is 26.0 Å². The Morgan fingerprint density at radius 3 is 2.57 bits per heavy atom. The number of rotatable bonds is 9. The molecule has 14 nitrogen and oxygen atoms in total. The standard InChI is InChI=1S/C40H50IN2O12P/c1-22-5-4-6-30-26(22)20-50-56(49,55-30)51-21-32-31(18-34(52-32)43-19-29(41)37(47)42-38(43)48)53-35(45)11-12-36(46)54-33-10-9-27-25-8-7-23-17-24(44)13-15-39(23,2)28(25)14-16-40(27,33)3/h4-6,19,23,25,27-28,31-34H,7-18,20-21H2,1-3H3,(H,42,47,48)/t23-,25-,27-,28?,31?,32+,33-,34+,39-,40-,56?/m0/s1/i41-2. The third-order valence-corrected chi connectivity index (χ3v) is 16.3. The molecule has 56 heavy (non-hydrogen) atoms. The number of carbonyl (C=O) groups excluding carboxylic acids is 3. The summed E-state index contributed by atoms with van der Waals surface area (Å²) in [5.74, 6) is 1.79. The van der Waals surface area contributed by atoms with E-state index in [0.29, 0.717) is 41.6 Å². The zero-order valence-electron chi connectivity index (χ0n) is 32.0. The molecule has 0 radical (unpaired) electrons. The van der Waals surface area contributed by atoms with Gasteiger partial charge in [-0.25, -0.2) is 9.36 Å². The highest BCUT2D eigenvalue weighted by molar-refractivity contribution is 14.1. The second-order valence-electron chi connectivity index (χ2n) is 17.2. The third kappa shape index (κ3) is 7.48. The first-order valence-electron chi connectivity index (χ1n) is 19.9. The number of Topliss-reactive ketones (excluding diaryl/α,β-unsaturated/α-hetero) is 1. The second-order valence-corrected chi connectivity index (χ2v) is 20.0. The Hall–Kier alpha value is -2.85. The summed E-state index contributed by atoms with van der Waals surface area (Å²) in [4.78, 5) is 65.9. The number of halogens is 1. The number of H-pyrrole nitrogens is 1. The number of ketones is 1. The van der Waals surface area contributed by atoms with Crippen molar-refractivity contribution in [2.24, 2.45) is 34.5 Å². The third-order valence-electron chi connectivity index (χ3n) is 14.2. The molecule has 3 unspecified atom stereocenters. The molecule has 1 N–H and O–H groups in total. The molecule has 304 valence electrons. The van der Waals surface area contributed by atoms with Gasteiger partial charge in [0, 0.05) is 36.4 Å². The van der Waals surface area contributed by atoms with Crippen molar-refractivity contribution in [2.45, 2.75) is 129 Å². The van der Waals surface area contributed by atoms with Crippen LogP contribution in [0.2, 0.25) is 0 Å². The number of aromatic amines is 1. The predicted molar refractivity (Wildman–Crippen MR) is 208 cm³/mol. The first-order chi connectivity index (χ1) is 26.7. The predicted octanol–water partition coefficient (Wildman–Crippen LogP) is 6.69. The summed E-state index contributed by atoms with van der Waals surface area (Å²) in [5.41, 5.74) is 0.486. The Balaban J connectivity index is 0.885. The molecule has 1 aromatic heterocycles. The zero-order chi connectivity index (χ0) is 39.6. The van der Waals surface area contributed by atoms with Crippen LogP contribution in [0.4, 0.5) is 0 Å². The molecule has 3 heterocycles. The van der Waals surface area contributed by atoms with Gasteiger partial charge < -0.3 is 18.7 Å². The minimum atomic E-state index is -4.08. The fourth-order valence-electron chi connectivity index (χ4n) is 11.1. The van der Waals surface area contributed by atoms with Crippen molar-refractivity contribution in [1.82, 2.24) is 9.55 Å². The number of aromatic nitrogens is 2. The normalized spacial score (nSPS) is 37.4. The van der Waals surface area contributed by atoms with Gasteiger partial charge in [0.15, 0.2) is 0 Å². The molecule has 0 spiro atoms. The number of benzene rings is 1. The molecule has 5 fully saturated rings. The van der Waals surface area contributed by atoms with Gasteiger partial charge in [-0.15, -0.1) is 0 Å². The van der Waals surface area contributed by atoms with Crippen molar-refractivity contribution in [3.63, 3.8) is 0 Å². The van der Waals surface area contributed by atoms with E-state index in [0.717, 1.165) is 62.5 Å². The van der Waals surface area contributed by atoms with E-state index in [9.17, 15) is 28.5 Å². The average Bonchev–Trinajstić information content (AvgIpc) is 3.71. The van der Waals surface area contributed by atoms with Crippen molar-refractivity contribution < 1.29 is 46.7 Å². The lowest BCUT2D eigenvalue weighted by molar-refractivity contribution is -0.167. The lowest BCUT2D eigenvalue weighted by atomic mass is 9.45. The Kier molecular flexibility index (Phi) is 11.0. The summed E-state index contributed by atoms with van der Waals surface area (Å²) in [6.07, 6.45) is 6.33. The molecule has 1 saturated heterocycles. The first-order valence-corrected chi connectivity index (χ1v) is 22.4. The number of nitrogens with one attached hydrogen (secondary N) is 1. The van der Waals surface area contributed by atoms with Crippen LogP contribution in [0, 0.1) is 45.0 Å². The molecule has 8 rings (SSSR count). The summed E-state index contributed by atoms with van der Waals surface area (Å²) in [5, 5.41) is 0. The molecule has 0 bridgehead atoms. The van der Waals surface area contributed by atoms with E-state index >= 15 is 0 Å². The molecule has 2 aliphatic heterocycles. The van der Waals surface area contributed by atoms with E-state index < -0.39 is 49.4 Å². The van der Waals surface area contributed by atoms with Crippen molar-refractivity contribution >= 4 is 48.1 Å². The van der Waals surface area contributed by atoms with Crippen LogP contribution in [0.15, 0.2) is 34.0 Å². The molecule has 4 saturated carbocycles. The summed E-state index contributed by atoms with van der Waals surface area (Å²) >= 11 is 1.80. The van der Waals surface area contributed by atoms with Crippen LogP contribution in [0.25, 0.3) is 0 Å². The lowest BCUT2D eigenvalue weighted by Crippen LogP contribution is -2.54. The highest BCUT2D eigenvalue weighted by Gasteiger charge is 2.61. The van der Waals surface area contributed by atoms with E-state index in [1.165, 1.54) is 10.8 Å². The number of hydrogen-bond acceptors (Lipinski definition) is 12. The SMILES string of the molecule is Cc1cccc2c1COP(=O)(OC[C@H]1O[C@@H](n3cc([125I])c(=O)[nH]c3=O)CC1OC(=O)CCC(=O)O[C@H]1CC[C@H]3[C@@H]4CC[C@H]5CC(=O)CC[C@]5(C)C4CC[C@]13C)O2. The highest BCUT2D eigenvalue weighted by atomic mass is 125. The number of carbonyl (C=O) groups is 3. The minimum Gasteiger partial charge on any atom is -0.462 e. The number of nitrogens with zero attached hydrogens (tertiary/aromatic N) is 1. The van der Waals surface area contributed by atoms with Gasteiger partial charge in [0.05, 0.1) is 29.6 Å². The Morgan fingerprint density at radius 1 is 1.00 bits per heavy atom. The number of hydrogen-bond donors (Lipinski definition) is 1. The number of phosphoric ester groups is 1. The molecule has 11 atom stereocenters. The number of phosphoric acid groups is 1. The van der Waals surface area contributed by atoms with Crippen molar-refractivity contribution in [3.05, 3.63) is 59.9 Å². The Labute approximate surface area is 338 Å². The largest absolute Gasteiger partial charge is 0.530 e. The molecule has 1 aromatic carbocycles. The maximum Gasteiger partial charge on any atom is 0.530 e. The first kappa shape index (κ1) is 40.0. The fraction of sp³-hybridized carbons (Fsp3) is 0.675. The van der Waals surface area contributed by atoms with Crippen LogP contribution >= 0.6 is 30.4 Å². The summed E-state index contributed by atoms with van der Waals surface area (Å²) in [6, 6.07) is 5.33. The number of ether oxygens (including phenoxy) is 3. The summed E-state index contributed by atoms with van der Waals surface area (Å²) < 4.78 is 49.8. The highest BCUT2D eigenvalue weighted by Crippen LogP contribution is 2.66. The van der Waals surface area contributed by atoms with Crippen molar-refractivity contribution in [1.29, 1.82) is 0 Å². The molecular weight excluding hydrogens is 856 g/mol.